The Morgan fingerprint density at radius 1 is 1.04 bits per heavy atom. The second-order valence-corrected chi connectivity index (χ2v) is 5.70. The van der Waals surface area contributed by atoms with Gasteiger partial charge >= 0.3 is 0 Å². The summed E-state index contributed by atoms with van der Waals surface area (Å²) in [7, 11) is 4.53. The summed E-state index contributed by atoms with van der Waals surface area (Å²) in [6.45, 7) is 3.77. The van der Waals surface area contributed by atoms with E-state index in [0.717, 1.165) is 5.69 Å². The molecule has 0 aliphatic carbocycles. The van der Waals surface area contributed by atoms with Gasteiger partial charge in [-0.3, -0.25) is 9.78 Å². The predicted molar refractivity (Wildman–Crippen MR) is 90.8 cm³/mol. The van der Waals surface area contributed by atoms with Crippen LogP contribution in [0, 0.1) is 0 Å². The molecule has 1 amide bonds. The van der Waals surface area contributed by atoms with E-state index < -0.39 is 5.54 Å². The van der Waals surface area contributed by atoms with Gasteiger partial charge in [0, 0.05) is 18.3 Å². The molecule has 0 radical (unpaired) electrons. The molecule has 0 atom stereocenters. The van der Waals surface area contributed by atoms with E-state index in [-0.39, 0.29) is 5.91 Å². The molecule has 2 rings (SSSR count). The van der Waals surface area contributed by atoms with Gasteiger partial charge in [-0.15, -0.1) is 0 Å². The van der Waals surface area contributed by atoms with Gasteiger partial charge in [0.15, 0.2) is 0 Å². The molecule has 0 bridgehead atoms. The average molecular weight is 330 g/mol. The number of carbonyl (C=O) groups excluding carboxylic acids is 1. The Labute approximate surface area is 141 Å². The highest BCUT2D eigenvalue weighted by Gasteiger charge is 2.28. The molecule has 1 heterocycles. The molecule has 0 aliphatic rings. The van der Waals surface area contributed by atoms with Crippen molar-refractivity contribution in [1.29, 1.82) is 0 Å². The Bertz CT molecular complexity index is 689. The van der Waals surface area contributed by atoms with Gasteiger partial charge < -0.3 is 19.5 Å². The second kappa shape index (κ2) is 7.21. The minimum absolute atomic E-state index is 0.310. The van der Waals surface area contributed by atoms with Crippen LogP contribution in [0.2, 0.25) is 0 Å². The zero-order chi connectivity index (χ0) is 17.7. The summed E-state index contributed by atoms with van der Waals surface area (Å²) in [5, 5.41) is 2.97. The van der Waals surface area contributed by atoms with Crippen LogP contribution < -0.4 is 19.5 Å². The first kappa shape index (κ1) is 17.6. The first-order valence-electron chi connectivity index (χ1n) is 7.47. The summed E-state index contributed by atoms with van der Waals surface area (Å²) in [6, 6.07) is 8.86. The predicted octanol–water partition coefficient (Wildman–Crippen LogP) is 2.77. The van der Waals surface area contributed by atoms with Crippen LogP contribution in [-0.2, 0) is 5.54 Å². The van der Waals surface area contributed by atoms with Crippen LogP contribution in [0.15, 0.2) is 36.5 Å². The average Bonchev–Trinajstić information content (AvgIpc) is 2.60. The fourth-order valence-corrected chi connectivity index (χ4v) is 2.37. The lowest BCUT2D eigenvalue weighted by Gasteiger charge is -2.26. The van der Waals surface area contributed by atoms with Gasteiger partial charge in [-0.05, 0) is 26.0 Å². The fraction of sp³-hybridized carbons (Fsp3) is 0.333. The molecule has 0 saturated heterocycles. The number of nitrogens with one attached hydrogen (secondary N) is 1. The second-order valence-electron chi connectivity index (χ2n) is 5.70. The molecule has 0 unspecified atom stereocenters. The van der Waals surface area contributed by atoms with Crippen molar-refractivity contribution in [2.45, 2.75) is 19.4 Å². The summed E-state index contributed by atoms with van der Waals surface area (Å²) in [6.07, 6.45) is 1.69. The van der Waals surface area contributed by atoms with Crippen LogP contribution in [-0.4, -0.2) is 32.2 Å². The molecule has 1 aromatic heterocycles. The molecular weight excluding hydrogens is 308 g/mol. The lowest BCUT2D eigenvalue weighted by molar-refractivity contribution is 0.0904. The number of ether oxygens (including phenoxy) is 3. The topological polar surface area (TPSA) is 69.7 Å². The monoisotopic (exact) mass is 330 g/mol. The minimum atomic E-state index is -0.658. The Balaban J connectivity index is 2.39. The van der Waals surface area contributed by atoms with E-state index in [2.05, 4.69) is 10.3 Å². The normalized spacial score (nSPS) is 10.9. The number of carbonyl (C=O) groups is 1. The number of rotatable bonds is 6. The molecule has 1 aromatic carbocycles. The maximum absolute atomic E-state index is 12.9. The maximum atomic E-state index is 12.9. The number of methoxy groups -OCH3 is 3. The van der Waals surface area contributed by atoms with Crippen molar-refractivity contribution in [3.05, 3.63) is 47.8 Å². The van der Waals surface area contributed by atoms with Crippen molar-refractivity contribution >= 4 is 5.91 Å². The van der Waals surface area contributed by atoms with E-state index in [1.165, 1.54) is 21.3 Å². The highest BCUT2D eigenvalue weighted by molar-refractivity contribution is 6.00. The van der Waals surface area contributed by atoms with Crippen molar-refractivity contribution in [2.75, 3.05) is 21.3 Å². The number of nitrogens with zero attached hydrogens (tertiary/aromatic N) is 1. The summed E-state index contributed by atoms with van der Waals surface area (Å²) in [4.78, 5) is 17.2. The maximum Gasteiger partial charge on any atom is 0.259 e. The van der Waals surface area contributed by atoms with Gasteiger partial charge in [0.2, 0.25) is 0 Å². The van der Waals surface area contributed by atoms with Crippen molar-refractivity contribution in [2.24, 2.45) is 0 Å². The molecule has 0 fully saturated rings. The summed E-state index contributed by atoms with van der Waals surface area (Å²) in [5.41, 5.74) is 0.406. The zero-order valence-electron chi connectivity index (χ0n) is 14.5. The first-order valence-corrected chi connectivity index (χ1v) is 7.47. The molecular formula is C18H22N2O4. The highest BCUT2D eigenvalue weighted by atomic mass is 16.5. The van der Waals surface area contributed by atoms with Crippen LogP contribution in [0.1, 0.15) is 29.9 Å². The van der Waals surface area contributed by atoms with Crippen molar-refractivity contribution in [3.63, 3.8) is 0 Å². The third kappa shape index (κ3) is 3.59. The molecule has 0 spiro atoms. The summed E-state index contributed by atoms with van der Waals surface area (Å²) in [5.74, 6) is 0.979. The molecule has 0 aliphatic heterocycles. The standard InChI is InChI=1S/C18H22N2O4/c1-18(2,15-8-6-7-9-19-15)20-17(21)16-13(23-4)10-12(22-3)11-14(16)24-5/h6-11H,1-5H3,(H,20,21). The molecule has 128 valence electrons. The van der Waals surface area contributed by atoms with E-state index >= 15 is 0 Å². The van der Waals surface area contributed by atoms with Gasteiger partial charge in [-0.25, -0.2) is 0 Å². The van der Waals surface area contributed by atoms with E-state index in [9.17, 15) is 4.79 Å². The van der Waals surface area contributed by atoms with Gasteiger partial charge in [0.1, 0.15) is 22.8 Å². The van der Waals surface area contributed by atoms with Crippen molar-refractivity contribution < 1.29 is 19.0 Å². The van der Waals surface area contributed by atoms with Crippen molar-refractivity contribution in [1.82, 2.24) is 10.3 Å². The lowest BCUT2D eigenvalue weighted by atomic mass is 9.98. The number of aromatic nitrogens is 1. The van der Waals surface area contributed by atoms with Crippen LogP contribution in [0.3, 0.4) is 0 Å². The van der Waals surface area contributed by atoms with Gasteiger partial charge in [0.05, 0.1) is 32.6 Å². The van der Waals surface area contributed by atoms with Crippen LogP contribution >= 0.6 is 0 Å². The number of hydrogen-bond donors (Lipinski definition) is 1. The molecule has 6 nitrogen and oxygen atoms in total. The van der Waals surface area contributed by atoms with Crippen LogP contribution in [0.4, 0.5) is 0 Å². The Morgan fingerprint density at radius 2 is 1.67 bits per heavy atom. The SMILES string of the molecule is COc1cc(OC)c(C(=O)NC(C)(C)c2ccccn2)c(OC)c1. The Kier molecular flexibility index (Phi) is 5.28. The van der Waals surface area contributed by atoms with Gasteiger partial charge in [0.25, 0.3) is 5.91 Å². The molecule has 24 heavy (non-hydrogen) atoms. The largest absolute Gasteiger partial charge is 0.496 e. The van der Waals surface area contributed by atoms with Crippen LogP contribution in [0.5, 0.6) is 17.2 Å². The van der Waals surface area contributed by atoms with Gasteiger partial charge in [-0.1, -0.05) is 6.07 Å². The number of hydrogen-bond acceptors (Lipinski definition) is 5. The summed E-state index contributed by atoms with van der Waals surface area (Å²) < 4.78 is 15.9. The fourth-order valence-electron chi connectivity index (χ4n) is 2.37. The lowest BCUT2D eigenvalue weighted by Crippen LogP contribution is -2.41. The van der Waals surface area contributed by atoms with E-state index in [4.69, 9.17) is 14.2 Å². The quantitative estimate of drug-likeness (QED) is 0.882. The van der Waals surface area contributed by atoms with E-state index in [0.29, 0.717) is 22.8 Å². The molecule has 0 saturated carbocycles. The van der Waals surface area contributed by atoms with E-state index in [1.807, 2.05) is 32.0 Å². The number of benzene rings is 1. The highest BCUT2D eigenvalue weighted by Crippen LogP contribution is 2.34. The van der Waals surface area contributed by atoms with Crippen molar-refractivity contribution in [3.8, 4) is 17.2 Å². The van der Waals surface area contributed by atoms with Crippen LogP contribution in [0.25, 0.3) is 0 Å². The third-order valence-corrected chi connectivity index (χ3v) is 3.67. The molecule has 1 N–H and O–H groups in total. The third-order valence-electron chi connectivity index (χ3n) is 3.67. The zero-order valence-corrected chi connectivity index (χ0v) is 14.5. The number of pyridine rings is 1. The summed E-state index contributed by atoms with van der Waals surface area (Å²) >= 11 is 0. The molecule has 2 aromatic rings. The molecule has 6 heteroatoms. The van der Waals surface area contributed by atoms with E-state index in [1.54, 1.807) is 18.3 Å². The first-order chi connectivity index (χ1) is 11.4. The Hall–Kier alpha value is -2.76. The Morgan fingerprint density at radius 3 is 2.12 bits per heavy atom. The van der Waals surface area contributed by atoms with Gasteiger partial charge in [-0.2, -0.15) is 0 Å². The minimum Gasteiger partial charge on any atom is -0.496 e. The smallest absolute Gasteiger partial charge is 0.259 e. The number of amides is 1.